The molecule has 2 rings (SSSR count). The Balaban J connectivity index is 1.93. The van der Waals surface area contributed by atoms with Crippen LogP contribution in [0.25, 0.3) is 0 Å². The van der Waals surface area contributed by atoms with Crippen LogP contribution in [0.1, 0.15) is 61.9 Å². The van der Waals surface area contributed by atoms with E-state index in [1.54, 1.807) is 12.1 Å². The summed E-state index contributed by atoms with van der Waals surface area (Å²) in [6.07, 6.45) is -0.199. The number of esters is 1. The first kappa shape index (κ1) is 25.6. The molecule has 8 nitrogen and oxygen atoms in total. The summed E-state index contributed by atoms with van der Waals surface area (Å²) in [6, 6.07) is 4.66. The number of carbonyl (C=O) groups excluding carboxylic acids is 3. The van der Waals surface area contributed by atoms with Crippen molar-refractivity contribution in [2.45, 2.75) is 64.1 Å². The maximum absolute atomic E-state index is 13.0. The molecule has 1 aromatic carbocycles. The second-order valence-electron chi connectivity index (χ2n) is 7.73. The minimum Gasteiger partial charge on any atom is -0.535 e. The first-order valence-electron chi connectivity index (χ1n) is 10.4. The largest absolute Gasteiger partial charge is 0.535 e. The Morgan fingerprint density at radius 1 is 1.25 bits per heavy atom. The number of Topliss-reactive ketones (excluding diaryl/α,β-unsaturated/α-hetero) is 1. The van der Waals surface area contributed by atoms with E-state index < -0.39 is 50.0 Å². The van der Waals surface area contributed by atoms with Crippen molar-refractivity contribution in [3.05, 3.63) is 29.3 Å². The molecule has 11 heteroatoms. The van der Waals surface area contributed by atoms with Gasteiger partial charge in [-0.1, -0.05) is 25.5 Å². The van der Waals surface area contributed by atoms with Gasteiger partial charge >= 0.3 is 19.2 Å². The zero-order chi connectivity index (χ0) is 23.7. The molecule has 0 unspecified atom stereocenters. The molecule has 0 bridgehead atoms. The lowest BCUT2D eigenvalue weighted by Crippen LogP contribution is -2.36. The van der Waals surface area contributed by atoms with Gasteiger partial charge in [0.15, 0.2) is 0 Å². The monoisotopic (exact) mass is 456 g/mol. The zero-order valence-electron chi connectivity index (χ0n) is 18.1. The molecule has 1 aliphatic heterocycles. The molecular formula is C21H27BF2O8. The van der Waals surface area contributed by atoms with Crippen molar-refractivity contribution in [1.29, 1.82) is 0 Å². The summed E-state index contributed by atoms with van der Waals surface area (Å²) in [6.45, 7) is 2.22. The number of fused-ring (bicyclic) bond motifs is 1. The van der Waals surface area contributed by atoms with E-state index in [-0.39, 0.29) is 37.2 Å². The molecular weight excluding hydrogens is 429 g/mol. The van der Waals surface area contributed by atoms with Crippen LogP contribution in [0.5, 0.6) is 5.75 Å². The van der Waals surface area contributed by atoms with Crippen molar-refractivity contribution in [2.75, 3.05) is 13.4 Å². The number of para-hydroxylation sites is 1. The van der Waals surface area contributed by atoms with Gasteiger partial charge in [-0.25, -0.2) is 18.4 Å². The van der Waals surface area contributed by atoms with Crippen LogP contribution in [-0.4, -0.2) is 49.4 Å². The lowest BCUT2D eigenvalue weighted by molar-refractivity contribution is -0.121. The van der Waals surface area contributed by atoms with E-state index in [0.717, 1.165) is 13.3 Å². The van der Waals surface area contributed by atoms with E-state index in [1.807, 2.05) is 6.92 Å². The average Bonchev–Trinajstić information content (AvgIpc) is 2.72. The summed E-state index contributed by atoms with van der Waals surface area (Å²) in [5, 5.41) is 10.3. The normalized spacial score (nSPS) is 15.4. The SMILES string of the molecule is CCCCOC(=O)OCOC(=O)c1cccc2c1OB(O)[C@@H](CC(=O)CCC(C)(F)F)C2. The van der Waals surface area contributed by atoms with Gasteiger partial charge in [0.2, 0.25) is 12.7 Å². The standard InChI is InChI=1S/C21H27BF2O8/c1-3-4-10-29-20(27)31-13-30-19(26)17-7-5-6-14-11-15(22(28)32-18(14)17)12-16(25)8-9-21(2,23)24/h5-7,15,28H,3-4,8-13H2,1-2H3/t15-/m1/s1. The Kier molecular flexibility index (Phi) is 9.43. The van der Waals surface area contributed by atoms with Gasteiger partial charge in [-0.3, -0.25) is 4.79 Å². The minimum atomic E-state index is -2.94. The summed E-state index contributed by atoms with van der Waals surface area (Å²) >= 11 is 0. The summed E-state index contributed by atoms with van der Waals surface area (Å²) < 4.78 is 45.7. The number of unbranched alkanes of at least 4 members (excludes halogenated alkanes) is 1. The van der Waals surface area contributed by atoms with E-state index >= 15 is 0 Å². The Bertz CT molecular complexity index is 811. The summed E-state index contributed by atoms with van der Waals surface area (Å²) in [7, 11) is -1.40. The number of alkyl halides is 2. The summed E-state index contributed by atoms with van der Waals surface area (Å²) in [5.74, 6) is -4.71. The van der Waals surface area contributed by atoms with Gasteiger partial charge < -0.3 is 23.9 Å². The molecule has 1 aromatic rings. The summed E-state index contributed by atoms with van der Waals surface area (Å²) in [5.41, 5.74) is 0.572. The lowest BCUT2D eigenvalue weighted by Gasteiger charge is -2.28. The third kappa shape index (κ3) is 8.10. The van der Waals surface area contributed by atoms with Crippen molar-refractivity contribution in [3.63, 3.8) is 0 Å². The Morgan fingerprint density at radius 2 is 2.00 bits per heavy atom. The van der Waals surface area contributed by atoms with Gasteiger partial charge in [-0.15, -0.1) is 0 Å². The Labute approximate surface area is 185 Å². The molecule has 0 amide bonds. The lowest BCUT2D eigenvalue weighted by atomic mass is 9.64. The van der Waals surface area contributed by atoms with Gasteiger partial charge in [0.05, 0.1) is 6.61 Å². The van der Waals surface area contributed by atoms with E-state index in [2.05, 4.69) is 4.74 Å². The summed E-state index contributed by atoms with van der Waals surface area (Å²) in [4.78, 5) is 35.8. The molecule has 0 spiro atoms. The second kappa shape index (κ2) is 11.8. The highest BCUT2D eigenvalue weighted by molar-refractivity contribution is 6.47. The highest BCUT2D eigenvalue weighted by atomic mass is 19.3. The van der Waals surface area contributed by atoms with Gasteiger partial charge in [-0.2, -0.15) is 0 Å². The van der Waals surface area contributed by atoms with Crippen LogP contribution >= 0.6 is 0 Å². The van der Waals surface area contributed by atoms with Crippen LogP contribution in [0.4, 0.5) is 13.6 Å². The second-order valence-corrected chi connectivity index (χ2v) is 7.73. The number of rotatable bonds is 11. The number of carbonyl (C=O) groups is 3. The molecule has 1 heterocycles. The van der Waals surface area contributed by atoms with Crippen molar-refractivity contribution in [3.8, 4) is 5.75 Å². The number of hydrogen-bond acceptors (Lipinski definition) is 8. The zero-order valence-corrected chi connectivity index (χ0v) is 18.1. The molecule has 176 valence electrons. The van der Waals surface area contributed by atoms with E-state index in [9.17, 15) is 28.2 Å². The first-order valence-corrected chi connectivity index (χ1v) is 10.4. The number of ketones is 1. The molecule has 1 aliphatic rings. The molecule has 0 radical (unpaired) electrons. The van der Waals surface area contributed by atoms with Crippen LogP contribution < -0.4 is 4.65 Å². The van der Waals surface area contributed by atoms with E-state index in [0.29, 0.717) is 12.0 Å². The Hall–Kier alpha value is -2.69. The molecule has 32 heavy (non-hydrogen) atoms. The fourth-order valence-electron chi connectivity index (χ4n) is 3.12. The predicted molar refractivity (Wildman–Crippen MR) is 110 cm³/mol. The molecule has 0 saturated heterocycles. The maximum atomic E-state index is 13.0. The third-order valence-corrected chi connectivity index (χ3v) is 4.86. The molecule has 1 atom stereocenters. The Morgan fingerprint density at radius 3 is 2.69 bits per heavy atom. The maximum Gasteiger partial charge on any atom is 0.526 e. The fraction of sp³-hybridized carbons (Fsp3) is 0.571. The van der Waals surface area contributed by atoms with Gasteiger partial charge in [0, 0.05) is 25.1 Å². The molecule has 0 saturated carbocycles. The predicted octanol–water partition coefficient (Wildman–Crippen LogP) is 3.93. The fourth-order valence-corrected chi connectivity index (χ4v) is 3.12. The van der Waals surface area contributed by atoms with Gasteiger partial charge in [-0.05, 0) is 31.4 Å². The number of ether oxygens (including phenoxy) is 3. The van der Waals surface area contributed by atoms with Gasteiger partial charge in [0.25, 0.3) is 0 Å². The van der Waals surface area contributed by atoms with Crippen molar-refractivity contribution >= 4 is 25.0 Å². The first-order chi connectivity index (χ1) is 15.1. The van der Waals surface area contributed by atoms with Crippen molar-refractivity contribution in [1.82, 2.24) is 0 Å². The quantitative estimate of drug-likeness (QED) is 0.231. The van der Waals surface area contributed by atoms with Crippen LogP contribution in [0.15, 0.2) is 18.2 Å². The minimum absolute atomic E-state index is 0.0138. The molecule has 1 N–H and O–H groups in total. The van der Waals surface area contributed by atoms with Crippen LogP contribution in [0.2, 0.25) is 5.82 Å². The van der Waals surface area contributed by atoms with Crippen molar-refractivity contribution < 1.29 is 47.1 Å². The van der Waals surface area contributed by atoms with Crippen LogP contribution in [0, 0.1) is 0 Å². The number of hydrogen-bond donors (Lipinski definition) is 1. The average molecular weight is 456 g/mol. The van der Waals surface area contributed by atoms with Crippen LogP contribution in [-0.2, 0) is 25.4 Å². The van der Waals surface area contributed by atoms with Crippen molar-refractivity contribution in [2.24, 2.45) is 0 Å². The highest BCUT2D eigenvalue weighted by Crippen LogP contribution is 2.37. The third-order valence-electron chi connectivity index (χ3n) is 4.86. The van der Waals surface area contributed by atoms with E-state index in [1.165, 1.54) is 6.07 Å². The topological polar surface area (TPSA) is 108 Å². The smallest absolute Gasteiger partial charge is 0.526 e. The highest BCUT2D eigenvalue weighted by Gasteiger charge is 2.38. The molecule has 0 aliphatic carbocycles. The van der Waals surface area contributed by atoms with Crippen LogP contribution in [0.3, 0.4) is 0 Å². The van der Waals surface area contributed by atoms with E-state index in [4.69, 9.17) is 14.1 Å². The van der Waals surface area contributed by atoms with Gasteiger partial charge in [0.1, 0.15) is 17.1 Å². The molecule has 0 fully saturated rings. The molecule has 0 aromatic heterocycles. The number of halogens is 2. The number of benzene rings is 1.